The number of benzene rings is 1. The first-order valence-corrected chi connectivity index (χ1v) is 10.1. The van der Waals surface area contributed by atoms with Gasteiger partial charge >= 0.3 is 0 Å². The maximum Gasteiger partial charge on any atom is 0.256 e. The minimum atomic E-state index is -0.867. The molecule has 0 radical (unpaired) electrons. The first kappa shape index (κ1) is 20.8. The Labute approximate surface area is 179 Å². The molecule has 1 aliphatic heterocycles. The van der Waals surface area contributed by atoms with E-state index in [0.29, 0.717) is 38.0 Å². The molecular weight excluding hydrogens is 398 g/mol. The lowest BCUT2D eigenvalue weighted by atomic mass is 10.1. The van der Waals surface area contributed by atoms with Crippen LogP contribution in [-0.4, -0.2) is 58.3 Å². The summed E-state index contributed by atoms with van der Waals surface area (Å²) in [5.74, 6) is -0.427. The number of hydrogen-bond donors (Lipinski definition) is 2. The molecule has 1 amide bonds. The number of rotatable bonds is 6. The van der Waals surface area contributed by atoms with Gasteiger partial charge in [-0.25, -0.2) is 4.98 Å². The number of hydrogen-bond acceptors (Lipinski definition) is 8. The number of anilines is 3. The topological polar surface area (TPSA) is 133 Å². The summed E-state index contributed by atoms with van der Waals surface area (Å²) in [7, 11) is 0. The van der Waals surface area contributed by atoms with E-state index in [0.717, 1.165) is 18.8 Å². The Hall–Kier alpha value is -3.50. The molecule has 0 bridgehead atoms. The summed E-state index contributed by atoms with van der Waals surface area (Å²) >= 11 is 0. The molecule has 3 heterocycles. The molecular formula is C21H25N7O3. The number of para-hydroxylation sites is 1. The van der Waals surface area contributed by atoms with Crippen LogP contribution in [0.3, 0.4) is 0 Å². The Balaban J connectivity index is 1.86. The molecule has 162 valence electrons. The van der Waals surface area contributed by atoms with Crippen LogP contribution in [0.2, 0.25) is 0 Å². The summed E-state index contributed by atoms with van der Waals surface area (Å²) in [6.07, 6.45) is 1.44. The highest BCUT2D eigenvalue weighted by Gasteiger charge is 2.23. The Morgan fingerprint density at radius 1 is 1.23 bits per heavy atom. The van der Waals surface area contributed by atoms with Crippen LogP contribution < -0.4 is 21.8 Å². The minimum absolute atomic E-state index is 0.0107. The number of amides is 1. The normalized spacial score (nSPS) is 14.6. The van der Waals surface area contributed by atoms with E-state index in [1.54, 1.807) is 4.57 Å². The van der Waals surface area contributed by atoms with Crippen LogP contribution in [0.25, 0.3) is 11.0 Å². The molecule has 1 aliphatic rings. The third kappa shape index (κ3) is 3.94. The van der Waals surface area contributed by atoms with Gasteiger partial charge in [0.1, 0.15) is 11.4 Å². The van der Waals surface area contributed by atoms with E-state index in [1.807, 2.05) is 42.2 Å². The fraction of sp³-hybridized carbons (Fsp3) is 0.333. The van der Waals surface area contributed by atoms with Crippen LogP contribution >= 0.6 is 0 Å². The van der Waals surface area contributed by atoms with Gasteiger partial charge in [0.2, 0.25) is 11.4 Å². The molecule has 1 saturated heterocycles. The van der Waals surface area contributed by atoms with Gasteiger partial charge in [-0.2, -0.15) is 4.98 Å². The molecule has 0 atom stereocenters. The summed E-state index contributed by atoms with van der Waals surface area (Å²) in [5, 5.41) is 0.202. The summed E-state index contributed by atoms with van der Waals surface area (Å²) in [6, 6.07) is 9.79. The number of pyridine rings is 1. The van der Waals surface area contributed by atoms with Crippen LogP contribution in [-0.2, 0) is 11.3 Å². The van der Waals surface area contributed by atoms with E-state index in [2.05, 4.69) is 9.88 Å². The Kier molecular flexibility index (Phi) is 5.83. The number of aromatic nitrogens is 3. The zero-order valence-electron chi connectivity index (χ0n) is 17.3. The second-order valence-electron chi connectivity index (χ2n) is 7.24. The van der Waals surface area contributed by atoms with E-state index < -0.39 is 11.3 Å². The zero-order chi connectivity index (χ0) is 22.0. The standard InChI is InChI=1S/C21H25N7O3/c1-2-27-18(22)16(19(23)30)17(29)15-12-24-21(25-20(15)27)28(14-6-4-3-5-7-14)13-26-8-10-31-11-9-26/h3-7,12H,2,8-11,13,22H2,1H3,(H2,23,30). The lowest BCUT2D eigenvalue weighted by Crippen LogP contribution is -2.43. The number of nitrogens with zero attached hydrogens (tertiary/aromatic N) is 5. The van der Waals surface area contributed by atoms with Crippen molar-refractivity contribution < 1.29 is 9.53 Å². The largest absolute Gasteiger partial charge is 0.384 e. The van der Waals surface area contributed by atoms with Gasteiger partial charge in [-0.1, -0.05) is 18.2 Å². The third-order valence-corrected chi connectivity index (χ3v) is 5.35. The first-order valence-electron chi connectivity index (χ1n) is 10.1. The molecule has 31 heavy (non-hydrogen) atoms. The molecule has 0 spiro atoms. The van der Waals surface area contributed by atoms with Gasteiger partial charge in [0.05, 0.1) is 25.3 Å². The first-order chi connectivity index (χ1) is 15.0. The molecule has 4 rings (SSSR count). The van der Waals surface area contributed by atoms with Crippen LogP contribution in [0.5, 0.6) is 0 Å². The van der Waals surface area contributed by atoms with E-state index in [9.17, 15) is 9.59 Å². The smallest absolute Gasteiger partial charge is 0.256 e. The molecule has 1 aromatic carbocycles. The van der Waals surface area contributed by atoms with Crippen LogP contribution in [0, 0.1) is 0 Å². The SMILES string of the molecule is CCn1c(N)c(C(N)=O)c(=O)c2cnc(N(CN3CCOCC3)c3ccccc3)nc21. The molecule has 0 saturated carbocycles. The second-order valence-corrected chi connectivity index (χ2v) is 7.24. The Morgan fingerprint density at radius 3 is 2.58 bits per heavy atom. The summed E-state index contributed by atoms with van der Waals surface area (Å²) in [6.45, 7) is 5.76. The monoisotopic (exact) mass is 423 g/mol. The predicted octanol–water partition coefficient (Wildman–Crippen LogP) is 0.920. The number of aryl methyl sites for hydroxylation is 1. The summed E-state index contributed by atoms with van der Waals surface area (Å²) in [4.78, 5) is 38.0. The number of carbonyl (C=O) groups excluding carboxylic acids is 1. The number of fused-ring (bicyclic) bond motifs is 1. The Morgan fingerprint density at radius 2 is 1.94 bits per heavy atom. The van der Waals surface area contributed by atoms with Crippen molar-refractivity contribution in [2.24, 2.45) is 5.73 Å². The summed E-state index contributed by atoms with van der Waals surface area (Å²) in [5.41, 5.74) is 12.0. The average molecular weight is 423 g/mol. The van der Waals surface area contributed by atoms with Gasteiger partial charge in [0, 0.05) is 31.5 Å². The van der Waals surface area contributed by atoms with Crippen LogP contribution in [0.1, 0.15) is 17.3 Å². The molecule has 0 unspecified atom stereocenters. The minimum Gasteiger partial charge on any atom is -0.384 e. The maximum atomic E-state index is 12.8. The van der Waals surface area contributed by atoms with Crippen LogP contribution in [0.4, 0.5) is 17.5 Å². The number of primary amides is 1. The van der Waals surface area contributed by atoms with Crippen molar-refractivity contribution >= 4 is 34.4 Å². The van der Waals surface area contributed by atoms with Crippen molar-refractivity contribution in [3.63, 3.8) is 0 Å². The third-order valence-electron chi connectivity index (χ3n) is 5.35. The highest BCUT2D eigenvalue weighted by molar-refractivity contribution is 6.00. The number of morpholine rings is 1. The van der Waals surface area contributed by atoms with E-state index >= 15 is 0 Å². The lowest BCUT2D eigenvalue weighted by Gasteiger charge is -2.33. The summed E-state index contributed by atoms with van der Waals surface area (Å²) < 4.78 is 7.07. The van der Waals surface area contributed by atoms with E-state index in [4.69, 9.17) is 21.2 Å². The van der Waals surface area contributed by atoms with Crippen molar-refractivity contribution in [2.75, 3.05) is 43.6 Å². The quantitative estimate of drug-likeness (QED) is 0.598. The number of nitrogens with two attached hydrogens (primary N) is 2. The van der Waals surface area contributed by atoms with E-state index in [1.165, 1.54) is 6.20 Å². The van der Waals surface area contributed by atoms with Crippen LogP contribution in [0.15, 0.2) is 41.3 Å². The average Bonchev–Trinajstić information content (AvgIpc) is 2.78. The van der Waals surface area contributed by atoms with Gasteiger partial charge < -0.3 is 20.8 Å². The van der Waals surface area contributed by atoms with Gasteiger partial charge in [-0.05, 0) is 19.1 Å². The Bertz CT molecular complexity index is 1160. The number of ether oxygens (including phenoxy) is 1. The lowest BCUT2D eigenvalue weighted by molar-refractivity contribution is 0.0390. The molecule has 10 heteroatoms. The van der Waals surface area contributed by atoms with Gasteiger partial charge in [0.15, 0.2) is 5.65 Å². The van der Waals surface area contributed by atoms with Gasteiger partial charge in [-0.15, -0.1) is 0 Å². The zero-order valence-corrected chi connectivity index (χ0v) is 17.3. The highest BCUT2D eigenvalue weighted by Crippen LogP contribution is 2.25. The highest BCUT2D eigenvalue weighted by atomic mass is 16.5. The van der Waals surface area contributed by atoms with Crippen molar-refractivity contribution in [2.45, 2.75) is 13.5 Å². The molecule has 3 aromatic rings. The van der Waals surface area contributed by atoms with Crippen molar-refractivity contribution in [1.29, 1.82) is 0 Å². The van der Waals surface area contributed by atoms with Gasteiger partial charge in [-0.3, -0.25) is 19.4 Å². The fourth-order valence-electron chi connectivity index (χ4n) is 3.73. The fourth-order valence-corrected chi connectivity index (χ4v) is 3.73. The molecule has 2 aromatic heterocycles. The predicted molar refractivity (Wildman–Crippen MR) is 118 cm³/mol. The second kappa shape index (κ2) is 8.70. The van der Waals surface area contributed by atoms with E-state index in [-0.39, 0.29) is 16.8 Å². The van der Waals surface area contributed by atoms with Crippen molar-refractivity contribution in [1.82, 2.24) is 19.4 Å². The maximum absolute atomic E-state index is 12.8. The van der Waals surface area contributed by atoms with Gasteiger partial charge in [0.25, 0.3) is 5.91 Å². The molecule has 1 fully saturated rings. The molecule has 4 N–H and O–H groups in total. The number of nitrogen functional groups attached to an aromatic ring is 1. The molecule has 10 nitrogen and oxygen atoms in total. The van der Waals surface area contributed by atoms with Crippen molar-refractivity contribution in [3.05, 3.63) is 52.3 Å². The molecule has 0 aliphatic carbocycles. The number of carbonyl (C=O) groups is 1. The van der Waals surface area contributed by atoms with Crippen molar-refractivity contribution in [3.8, 4) is 0 Å².